The molecular formula is C13H14N2O2S2. The molecule has 6 heteroatoms. The van der Waals surface area contributed by atoms with E-state index in [4.69, 9.17) is 5.73 Å². The lowest BCUT2D eigenvalue weighted by Gasteiger charge is -2.18. The quantitative estimate of drug-likeness (QED) is 0.941. The number of benzene rings is 1. The van der Waals surface area contributed by atoms with E-state index in [-0.39, 0.29) is 0 Å². The smallest absolute Gasteiger partial charge is 0.273 e. The van der Waals surface area contributed by atoms with E-state index in [9.17, 15) is 8.42 Å². The molecule has 0 fully saturated rings. The van der Waals surface area contributed by atoms with Crippen molar-refractivity contribution in [2.24, 2.45) is 5.73 Å². The van der Waals surface area contributed by atoms with Crippen LogP contribution >= 0.6 is 11.3 Å². The van der Waals surface area contributed by atoms with Crippen LogP contribution in [0.2, 0.25) is 0 Å². The number of nitrogens with zero attached hydrogens (tertiary/aromatic N) is 1. The first-order chi connectivity index (χ1) is 9.13. The van der Waals surface area contributed by atoms with Gasteiger partial charge in [0.05, 0.1) is 5.69 Å². The maximum absolute atomic E-state index is 12.6. The lowest BCUT2D eigenvalue weighted by molar-refractivity contribution is 0.594. The van der Waals surface area contributed by atoms with Gasteiger partial charge in [-0.1, -0.05) is 18.2 Å². The molecule has 1 aliphatic heterocycles. The van der Waals surface area contributed by atoms with Crippen molar-refractivity contribution in [2.45, 2.75) is 17.2 Å². The Morgan fingerprint density at radius 2 is 2.00 bits per heavy atom. The minimum absolute atomic E-state index is 0.365. The van der Waals surface area contributed by atoms with E-state index >= 15 is 0 Å². The Kier molecular flexibility index (Phi) is 3.08. The highest BCUT2D eigenvalue weighted by molar-refractivity contribution is 7.94. The molecule has 100 valence electrons. The SMILES string of the molecule is NCc1ccc(S(=O)(=O)N2CCc3ccccc32)s1. The van der Waals surface area contributed by atoms with Gasteiger partial charge in [-0.05, 0) is 30.2 Å². The predicted molar refractivity (Wildman–Crippen MR) is 76.9 cm³/mol. The first-order valence-corrected chi connectivity index (χ1v) is 8.28. The largest absolute Gasteiger partial charge is 0.326 e. The third-order valence-corrected chi connectivity index (χ3v) is 6.62. The van der Waals surface area contributed by atoms with Crippen LogP contribution in [0.25, 0.3) is 0 Å². The van der Waals surface area contributed by atoms with Crippen LogP contribution in [0, 0.1) is 0 Å². The van der Waals surface area contributed by atoms with Crippen molar-refractivity contribution < 1.29 is 8.42 Å². The second kappa shape index (κ2) is 4.63. The normalized spacial score (nSPS) is 14.7. The summed E-state index contributed by atoms with van der Waals surface area (Å²) < 4.78 is 27.1. The second-order valence-corrected chi connectivity index (χ2v) is 7.64. The zero-order chi connectivity index (χ0) is 13.5. The minimum Gasteiger partial charge on any atom is -0.326 e. The highest BCUT2D eigenvalue weighted by Gasteiger charge is 2.31. The van der Waals surface area contributed by atoms with Gasteiger partial charge in [0.25, 0.3) is 10.0 Å². The molecule has 0 amide bonds. The van der Waals surface area contributed by atoms with Crippen LogP contribution in [0.4, 0.5) is 5.69 Å². The number of nitrogens with two attached hydrogens (primary N) is 1. The van der Waals surface area contributed by atoms with E-state index in [0.29, 0.717) is 17.3 Å². The molecule has 0 saturated carbocycles. The summed E-state index contributed by atoms with van der Waals surface area (Å²) in [4.78, 5) is 0.881. The number of anilines is 1. The van der Waals surface area contributed by atoms with Crippen LogP contribution in [-0.2, 0) is 23.0 Å². The molecule has 2 N–H and O–H groups in total. The summed E-state index contributed by atoms with van der Waals surface area (Å²) in [6.45, 7) is 0.883. The molecule has 0 unspecified atom stereocenters. The van der Waals surface area contributed by atoms with E-state index in [0.717, 1.165) is 22.5 Å². The topological polar surface area (TPSA) is 63.4 Å². The third kappa shape index (κ3) is 2.05. The summed E-state index contributed by atoms with van der Waals surface area (Å²) in [6.07, 6.45) is 0.768. The van der Waals surface area contributed by atoms with Gasteiger partial charge in [-0.3, -0.25) is 4.31 Å². The van der Waals surface area contributed by atoms with Crippen LogP contribution in [0.15, 0.2) is 40.6 Å². The van der Waals surface area contributed by atoms with Crippen molar-refractivity contribution in [2.75, 3.05) is 10.8 Å². The molecule has 0 saturated heterocycles. The molecule has 19 heavy (non-hydrogen) atoms. The molecule has 1 aromatic heterocycles. The highest BCUT2D eigenvalue weighted by atomic mass is 32.2. The Morgan fingerprint density at radius 1 is 1.21 bits per heavy atom. The standard InChI is InChI=1S/C13H14N2O2S2/c14-9-11-5-6-13(18-11)19(16,17)15-8-7-10-3-1-2-4-12(10)15/h1-6H,7-9,14H2. The summed E-state index contributed by atoms with van der Waals surface area (Å²) >= 11 is 1.25. The maximum atomic E-state index is 12.6. The Balaban J connectivity index is 2.03. The van der Waals surface area contributed by atoms with Crippen molar-refractivity contribution in [3.63, 3.8) is 0 Å². The summed E-state index contributed by atoms with van der Waals surface area (Å²) in [5.41, 5.74) is 7.42. The summed E-state index contributed by atoms with van der Waals surface area (Å²) in [7, 11) is -3.45. The van der Waals surface area contributed by atoms with Crippen molar-refractivity contribution >= 4 is 27.0 Å². The van der Waals surface area contributed by atoms with Gasteiger partial charge in [0.1, 0.15) is 4.21 Å². The molecule has 3 rings (SSSR count). The molecule has 2 aromatic rings. The Bertz CT molecular complexity index is 707. The van der Waals surface area contributed by atoms with Crippen LogP contribution in [0.1, 0.15) is 10.4 Å². The van der Waals surface area contributed by atoms with Gasteiger partial charge < -0.3 is 5.73 Å². The fourth-order valence-electron chi connectivity index (χ4n) is 2.27. The lowest BCUT2D eigenvalue weighted by atomic mass is 10.2. The molecule has 2 heterocycles. The second-order valence-electron chi connectivity index (χ2n) is 4.38. The molecule has 0 atom stereocenters. The molecule has 1 aliphatic rings. The number of hydrogen-bond donors (Lipinski definition) is 1. The van der Waals surface area contributed by atoms with E-state index < -0.39 is 10.0 Å². The predicted octanol–water partition coefficient (Wildman–Crippen LogP) is 1.96. The monoisotopic (exact) mass is 294 g/mol. The summed E-state index contributed by atoms with van der Waals surface area (Å²) in [6, 6.07) is 11.1. The third-order valence-electron chi connectivity index (χ3n) is 3.23. The van der Waals surface area contributed by atoms with Gasteiger partial charge in [0, 0.05) is 18.0 Å². The molecule has 0 spiro atoms. The number of rotatable bonds is 3. The molecule has 0 aliphatic carbocycles. The number of thiophene rings is 1. The first kappa shape index (κ1) is 12.7. The maximum Gasteiger partial charge on any atom is 0.273 e. The lowest BCUT2D eigenvalue weighted by Crippen LogP contribution is -2.28. The Labute approximate surface area is 116 Å². The van der Waals surface area contributed by atoms with Crippen molar-refractivity contribution in [1.82, 2.24) is 0 Å². The average molecular weight is 294 g/mol. The Morgan fingerprint density at radius 3 is 2.74 bits per heavy atom. The fourth-order valence-corrected chi connectivity index (χ4v) is 5.12. The number of sulfonamides is 1. The summed E-state index contributed by atoms with van der Waals surface area (Å²) in [5, 5.41) is 0. The van der Waals surface area contributed by atoms with Crippen molar-refractivity contribution in [3.05, 3.63) is 46.8 Å². The van der Waals surface area contributed by atoms with Gasteiger partial charge in [0.2, 0.25) is 0 Å². The Hall–Kier alpha value is -1.37. The molecule has 4 nitrogen and oxygen atoms in total. The van der Waals surface area contributed by atoms with Crippen LogP contribution in [0.5, 0.6) is 0 Å². The summed E-state index contributed by atoms with van der Waals surface area (Å²) in [5.74, 6) is 0. The van der Waals surface area contributed by atoms with Gasteiger partial charge >= 0.3 is 0 Å². The zero-order valence-electron chi connectivity index (χ0n) is 10.2. The van der Waals surface area contributed by atoms with E-state index in [1.165, 1.54) is 15.6 Å². The average Bonchev–Trinajstić information content (AvgIpc) is 3.06. The van der Waals surface area contributed by atoms with Crippen molar-refractivity contribution in [1.29, 1.82) is 0 Å². The van der Waals surface area contributed by atoms with E-state index in [1.54, 1.807) is 12.1 Å². The fraction of sp³-hybridized carbons (Fsp3) is 0.231. The molecule has 1 aromatic carbocycles. The number of hydrogen-bond acceptors (Lipinski definition) is 4. The number of para-hydroxylation sites is 1. The van der Waals surface area contributed by atoms with Gasteiger partial charge in [-0.15, -0.1) is 11.3 Å². The van der Waals surface area contributed by atoms with Gasteiger partial charge in [-0.25, -0.2) is 8.42 Å². The molecule has 0 radical (unpaired) electrons. The van der Waals surface area contributed by atoms with Crippen LogP contribution < -0.4 is 10.0 Å². The van der Waals surface area contributed by atoms with Crippen molar-refractivity contribution in [3.8, 4) is 0 Å². The molecule has 0 bridgehead atoms. The first-order valence-electron chi connectivity index (χ1n) is 6.02. The van der Waals surface area contributed by atoms with E-state index in [1.807, 2.05) is 24.3 Å². The van der Waals surface area contributed by atoms with Gasteiger partial charge in [-0.2, -0.15) is 0 Å². The molecular weight excluding hydrogens is 280 g/mol. The zero-order valence-corrected chi connectivity index (χ0v) is 11.9. The van der Waals surface area contributed by atoms with Crippen LogP contribution in [-0.4, -0.2) is 15.0 Å². The van der Waals surface area contributed by atoms with Crippen LogP contribution in [0.3, 0.4) is 0 Å². The van der Waals surface area contributed by atoms with E-state index in [2.05, 4.69) is 0 Å². The highest BCUT2D eigenvalue weighted by Crippen LogP contribution is 2.34. The minimum atomic E-state index is -3.45. The number of fused-ring (bicyclic) bond motifs is 1. The van der Waals surface area contributed by atoms with Gasteiger partial charge in [0.15, 0.2) is 0 Å².